The van der Waals surface area contributed by atoms with Crippen LogP contribution in [0.2, 0.25) is 0 Å². The lowest BCUT2D eigenvalue weighted by molar-refractivity contribution is -0.143. The number of carboxylic acid groups (broad SMARTS) is 1. The molecular formula is C29H29NO4S. The molecule has 5 rings (SSSR count). The molecule has 1 fully saturated rings. The molecule has 0 bridgehead atoms. The minimum Gasteiger partial charge on any atom is -0.493 e. The Hall–Kier alpha value is -3.35. The second-order valence-electron chi connectivity index (χ2n) is 8.92. The van der Waals surface area contributed by atoms with Crippen molar-refractivity contribution >= 4 is 27.4 Å². The lowest BCUT2D eigenvalue weighted by Gasteiger charge is -2.37. The normalized spacial score (nSPS) is 15.7. The van der Waals surface area contributed by atoms with Crippen molar-refractivity contribution in [3.8, 4) is 11.5 Å². The summed E-state index contributed by atoms with van der Waals surface area (Å²) in [5.74, 6) is 0.445. The van der Waals surface area contributed by atoms with E-state index in [1.807, 2.05) is 36.4 Å². The Morgan fingerprint density at radius 2 is 1.77 bits per heavy atom. The fraction of sp³-hybridized carbons (Fsp3) is 0.276. The van der Waals surface area contributed by atoms with Gasteiger partial charge in [-0.15, -0.1) is 11.3 Å². The van der Waals surface area contributed by atoms with Crippen molar-refractivity contribution in [2.75, 3.05) is 20.2 Å². The number of likely N-dealkylation sites (tertiary alicyclic amines) is 1. The van der Waals surface area contributed by atoms with Crippen LogP contribution in [0.25, 0.3) is 10.1 Å². The van der Waals surface area contributed by atoms with Gasteiger partial charge in [0.25, 0.3) is 0 Å². The van der Waals surface area contributed by atoms with Crippen molar-refractivity contribution in [3.05, 3.63) is 94.9 Å². The summed E-state index contributed by atoms with van der Waals surface area (Å²) < 4.78 is 13.1. The first-order valence-corrected chi connectivity index (χ1v) is 12.8. The summed E-state index contributed by atoms with van der Waals surface area (Å²) in [6.45, 7) is 1.94. The molecule has 1 aliphatic rings. The number of nitrogens with zero attached hydrogens (tertiary/aromatic N) is 1. The molecule has 35 heavy (non-hydrogen) atoms. The lowest BCUT2D eigenvalue weighted by Crippen LogP contribution is -2.39. The second-order valence-corrected chi connectivity index (χ2v) is 9.83. The van der Waals surface area contributed by atoms with E-state index in [1.165, 1.54) is 15.6 Å². The van der Waals surface area contributed by atoms with E-state index in [9.17, 15) is 9.90 Å². The Morgan fingerprint density at radius 3 is 2.51 bits per heavy atom. The monoisotopic (exact) mass is 487 g/mol. The van der Waals surface area contributed by atoms with Crippen LogP contribution >= 0.6 is 11.3 Å². The minimum atomic E-state index is -0.691. The van der Waals surface area contributed by atoms with Crippen LogP contribution in [0.15, 0.2) is 78.2 Å². The Kier molecular flexibility index (Phi) is 7.02. The van der Waals surface area contributed by atoms with E-state index in [2.05, 4.69) is 46.7 Å². The first kappa shape index (κ1) is 23.4. The maximum Gasteiger partial charge on any atom is 0.306 e. The van der Waals surface area contributed by atoms with Crippen molar-refractivity contribution < 1.29 is 19.4 Å². The Balaban J connectivity index is 1.48. The van der Waals surface area contributed by atoms with Crippen LogP contribution in [0.1, 0.15) is 35.6 Å². The number of hydrogen-bond donors (Lipinski definition) is 1. The Labute approximate surface area is 209 Å². The molecule has 6 heteroatoms. The standard InChI is InChI=1S/C29H29NO4S/c1-33-26-17-22(11-12-25(26)34-18-20-7-3-2-4-8-20)28(30-15-13-21(14-16-30)29(31)32)24-19-35-27-10-6-5-9-23(24)27/h2-12,17,19,21,28H,13-16,18H2,1H3,(H,31,32). The number of fused-ring (bicyclic) bond motifs is 1. The first-order valence-electron chi connectivity index (χ1n) is 11.9. The van der Waals surface area contributed by atoms with Gasteiger partial charge in [0.15, 0.2) is 11.5 Å². The van der Waals surface area contributed by atoms with E-state index >= 15 is 0 Å². The van der Waals surface area contributed by atoms with Crippen LogP contribution in [0, 0.1) is 5.92 Å². The number of methoxy groups -OCH3 is 1. The largest absolute Gasteiger partial charge is 0.493 e. The summed E-state index contributed by atoms with van der Waals surface area (Å²) in [7, 11) is 1.67. The smallest absolute Gasteiger partial charge is 0.306 e. The van der Waals surface area contributed by atoms with Crippen molar-refractivity contribution in [2.24, 2.45) is 5.92 Å². The Bertz CT molecular complexity index is 1290. The minimum absolute atomic E-state index is 0.0120. The van der Waals surface area contributed by atoms with E-state index in [4.69, 9.17) is 9.47 Å². The van der Waals surface area contributed by atoms with Crippen molar-refractivity contribution in [3.63, 3.8) is 0 Å². The van der Waals surface area contributed by atoms with Gasteiger partial charge in [-0.2, -0.15) is 0 Å². The highest BCUT2D eigenvalue weighted by atomic mass is 32.1. The van der Waals surface area contributed by atoms with Crippen LogP contribution in [-0.4, -0.2) is 36.2 Å². The summed E-state index contributed by atoms with van der Waals surface area (Å²) in [5, 5.41) is 13.0. The van der Waals surface area contributed by atoms with Gasteiger partial charge in [-0.3, -0.25) is 9.69 Å². The van der Waals surface area contributed by atoms with Gasteiger partial charge in [0.2, 0.25) is 0 Å². The van der Waals surface area contributed by atoms with Gasteiger partial charge in [-0.25, -0.2) is 0 Å². The third-order valence-corrected chi connectivity index (χ3v) is 7.77. The van der Waals surface area contributed by atoms with Crippen molar-refractivity contribution in [1.29, 1.82) is 0 Å². The third-order valence-electron chi connectivity index (χ3n) is 6.79. The SMILES string of the molecule is COc1cc(C(c2csc3ccccc23)N2CCC(C(=O)O)CC2)ccc1OCc1ccccc1. The predicted molar refractivity (Wildman–Crippen MR) is 139 cm³/mol. The summed E-state index contributed by atoms with van der Waals surface area (Å²) in [6.07, 6.45) is 1.31. The zero-order valence-electron chi connectivity index (χ0n) is 19.7. The highest BCUT2D eigenvalue weighted by molar-refractivity contribution is 7.17. The fourth-order valence-corrected chi connectivity index (χ4v) is 5.89. The second kappa shape index (κ2) is 10.5. The van der Waals surface area contributed by atoms with Gasteiger partial charge < -0.3 is 14.6 Å². The molecule has 0 saturated carbocycles. The van der Waals surface area contributed by atoms with E-state index in [0.717, 1.165) is 24.2 Å². The van der Waals surface area contributed by atoms with Gasteiger partial charge >= 0.3 is 5.97 Å². The maximum absolute atomic E-state index is 11.5. The molecule has 0 amide bonds. The average Bonchev–Trinajstić information content (AvgIpc) is 3.32. The first-order chi connectivity index (χ1) is 17.1. The molecule has 0 spiro atoms. The molecule has 1 N–H and O–H groups in total. The van der Waals surface area contributed by atoms with Crippen LogP contribution in [0.4, 0.5) is 0 Å². The summed E-state index contributed by atoms with van der Waals surface area (Å²) in [5.41, 5.74) is 3.47. The quantitative estimate of drug-likeness (QED) is 0.313. The molecule has 2 heterocycles. The van der Waals surface area contributed by atoms with Gasteiger partial charge in [-0.1, -0.05) is 54.6 Å². The number of hydrogen-bond acceptors (Lipinski definition) is 5. The topological polar surface area (TPSA) is 59.0 Å². The molecule has 5 nitrogen and oxygen atoms in total. The van der Waals surface area contributed by atoms with Gasteiger partial charge in [0.1, 0.15) is 6.61 Å². The van der Waals surface area contributed by atoms with Gasteiger partial charge in [0, 0.05) is 4.70 Å². The van der Waals surface area contributed by atoms with Crippen molar-refractivity contribution in [2.45, 2.75) is 25.5 Å². The average molecular weight is 488 g/mol. The molecule has 0 aliphatic carbocycles. The van der Waals surface area contributed by atoms with Crippen molar-refractivity contribution in [1.82, 2.24) is 4.90 Å². The molecule has 1 atom stereocenters. The lowest BCUT2D eigenvalue weighted by atomic mass is 9.91. The van der Waals surface area contributed by atoms with Crippen LogP contribution in [0.5, 0.6) is 11.5 Å². The molecule has 4 aromatic rings. The molecule has 0 radical (unpaired) electrons. The maximum atomic E-state index is 11.5. The highest BCUT2D eigenvalue weighted by Gasteiger charge is 2.31. The Morgan fingerprint density at radius 1 is 1.03 bits per heavy atom. The number of benzene rings is 3. The van der Waals surface area contributed by atoms with Crippen LogP contribution in [-0.2, 0) is 11.4 Å². The summed E-state index contributed by atoms with van der Waals surface area (Å²) in [4.78, 5) is 14.0. The molecule has 1 unspecified atom stereocenters. The number of thiophene rings is 1. The third kappa shape index (κ3) is 5.04. The number of ether oxygens (including phenoxy) is 2. The fourth-order valence-electron chi connectivity index (χ4n) is 4.91. The van der Waals surface area contributed by atoms with E-state index < -0.39 is 5.97 Å². The van der Waals surface area contributed by atoms with E-state index in [1.54, 1.807) is 18.4 Å². The number of carbonyl (C=O) groups is 1. The van der Waals surface area contributed by atoms with Gasteiger partial charge in [0.05, 0.1) is 19.1 Å². The van der Waals surface area contributed by atoms with E-state index in [0.29, 0.717) is 30.9 Å². The number of carboxylic acids is 1. The number of piperidine rings is 1. The molecule has 1 aliphatic heterocycles. The molecule has 180 valence electrons. The number of rotatable bonds is 8. The predicted octanol–water partition coefficient (Wildman–Crippen LogP) is 6.37. The molecule has 3 aromatic carbocycles. The number of aliphatic carboxylic acids is 1. The summed E-state index contributed by atoms with van der Waals surface area (Å²) >= 11 is 1.75. The highest BCUT2D eigenvalue weighted by Crippen LogP contribution is 2.41. The molecule has 1 saturated heterocycles. The van der Waals surface area contributed by atoms with Crippen LogP contribution < -0.4 is 9.47 Å². The summed E-state index contributed by atoms with van der Waals surface area (Å²) in [6, 6.07) is 24.7. The zero-order chi connectivity index (χ0) is 24.2. The van der Waals surface area contributed by atoms with E-state index in [-0.39, 0.29) is 12.0 Å². The zero-order valence-corrected chi connectivity index (χ0v) is 20.5. The molecule has 1 aromatic heterocycles. The van der Waals surface area contributed by atoms with Gasteiger partial charge in [-0.05, 0) is 71.6 Å². The van der Waals surface area contributed by atoms with Crippen LogP contribution in [0.3, 0.4) is 0 Å². The molecular weight excluding hydrogens is 458 g/mol.